The second kappa shape index (κ2) is 2.70. The van der Waals surface area contributed by atoms with Crippen molar-refractivity contribution in [3.05, 3.63) is 23.2 Å². The van der Waals surface area contributed by atoms with Crippen molar-refractivity contribution in [2.75, 3.05) is 0 Å². The van der Waals surface area contributed by atoms with Crippen molar-refractivity contribution in [1.82, 2.24) is 9.97 Å². The van der Waals surface area contributed by atoms with Gasteiger partial charge < -0.3 is 9.52 Å². The third-order valence-electron chi connectivity index (χ3n) is 1.45. The number of aromatic carboxylic acids is 1. The molecule has 6 heteroatoms. The number of fused-ring (bicyclic) bond motifs is 1. The highest BCUT2D eigenvalue weighted by Crippen LogP contribution is 2.16. The van der Waals surface area contributed by atoms with Gasteiger partial charge in [-0.05, 0) is 23.7 Å². The van der Waals surface area contributed by atoms with Gasteiger partial charge in [-0.25, -0.2) is 9.78 Å². The van der Waals surface area contributed by atoms with E-state index < -0.39 is 5.97 Å². The molecule has 0 aliphatic carbocycles. The van der Waals surface area contributed by atoms with Crippen LogP contribution in [0.2, 0.25) is 5.35 Å². The lowest BCUT2D eigenvalue weighted by Crippen LogP contribution is -1.99. The van der Waals surface area contributed by atoms with Crippen LogP contribution in [0.25, 0.3) is 11.2 Å². The fraction of sp³-hybridized carbons (Fsp3) is 0. The predicted octanol–water partition coefficient (Wildman–Crippen LogP) is 1.57. The Morgan fingerprint density at radius 2 is 2.23 bits per heavy atom. The van der Waals surface area contributed by atoms with Crippen LogP contribution >= 0.6 is 11.6 Å². The minimum Gasteiger partial charge on any atom is -0.477 e. The van der Waals surface area contributed by atoms with Crippen LogP contribution in [0.4, 0.5) is 0 Å². The molecule has 2 aromatic heterocycles. The standard InChI is InChI=1S/C7H3ClN2O3/c8-7-10-5-4(13-7)2-1-3(9-5)6(11)12/h1-2H,(H,11,12). The topological polar surface area (TPSA) is 76.2 Å². The number of aromatic nitrogens is 2. The number of hydrogen-bond acceptors (Lipinski definition) is 4. The fourth-order valence-corrected chi connectivity index (χ4v) is 1.07. The normalized spacial score (nSPS) is 10.5. The number of carbonyl (C=O) groups is 1. The number of nitrogens with zero attached hydrogens (tertiary/aromatic N) is 2. The number of oxazole rings is 1. The van der Waals surface area contributed by atoms with E-state index in [2.05, 4.69) is 9.97 Å². The summed E-state index contributed by atoms with van der Waals surface area (Å²) in [7, 11) is 0. The van der Waals surface area contributed by atoms with E-state index in [4.69, 9.17) is 21.1 Å². The van der Waals surface area contributed by atoms with Crippen molar-refractivity contribution >= 4 is 28.8 Å². The lowest BCUT2D eigenvalue weighted by Gasteiger charge is -1.90. The molecule has 0 spiro atoms. The fourth-order valence-electron chi connectivity index (χ4n) is 0.911. The zero-order chi connectivity index (χ0) is 9.42. The van der Waals surface area contributed by atoms with E-state index in [0.717, 1.165) is 0 Å². The van der Waals surface area contributed by atoms with Gasteiger partial charge in [0.2, 0.25) is 5.65 Å². The van der Waals surface area contributed by atoms with Crippen molar-refractivity contribution in [2.24, 2.45) is 0 Å². The highest BCUT2D eigenvalue weighted by Gasteiger charge is 2.09. The maximum atomic E-state index is 10.5. The second-order valence-corrected chi connectivity index (χ2v) is 2.61. The summed E-state index contributed by atoms with van der Waals surface area (Å²) in [5, 5.41) is 8.55. The molecule has 2 aromatic rings. The smallest absolute Gasteiger partial charge is 0.354 e. The number of hydrogen-bond donors (Lipinski definition) is 1. The second-order valence-electron chi connectivity index (χ2n) is 2.29. The lowest BCUT2D eigenvalue weighted by molar-refractivity contribution is 0.0691. The van der Waals surface area contributed by atoms with E-state index in [1.54, 1.807) is 0 Å². The summed E-state index contributed by atoms with van der Waals surface area (Å²) >= 11 is 5.45. The van der Waals surface area contributed by atoms with E-state index in [-0.39, 0.29) is 16.7 Å². The zero-order valence-corrected chi connectivity index (χ0v) is 6.95. The van der Waals surface area contributed by atoms with Gasteiger partial charge in [-0.15, -0.1) is 0 Å². The van der Waals surface area contributed by atoms with Gasteiger partial charge in [0.15, 0.2) is 11.3 Å². The van der Waals surface area contributed by atoms with Crippen LogP contribution < -0.4 is 0 Å². The molecule has 0 aliphatic heterocycles. The van der Waals surface area contributed by atoms with Gasteiger partial charge in [0.25, 0.3) is 5.35 Å². The van der Waals surface area contributed by atoms with Crippen molar-refractivity contribution in [3.63, 3.8) is 0 Å². The average Bonchev–Trinajstić information content (AvgIpc) is 2.42. The first-order chi connectivity index (χ1) is 6.16. The molecule has 0 aliphatic rings. The molecule has 5 nitrogen and oxygen atoms in total. The van der Waals surface area contributed by atoms with Crippen molar-refractivity contribution in [3.8, 4) is 0 Å². The summed E-state index contributed by atoms with van der Waals surface area (Å²) in [6, 6.07) is 2.79. The Hall–Kier alpha value is -1.62. The summed E-state index contributed by atoms with van der Waals surface area (Å²) in [5.41, 5.74) is 0.484. The van der Waals surface area contributed by atoms with Crippen LogP contribution in [0, 0.1) is 0 Å². The third-order valence-corrected chi connectivity index (χ3v) is 1.61. The quantitative estimate of drug-likeness (QED) is 0.753. The Balaban J connectivity index is 2.67. The van der Waals surface area contributed by atoms with Gasteiger partial charge in [-0.3, -0.25) is 0 Å². The molecule has 0 bridgehead atoms. The van der Waals surface area contributed by atoms with Crippen LogP contribution in [0.15, 0.2) is 16.5 Å². The molecule has 0 radical (unpaired) electrons. The Morgan fingerprint density at radius 1 is 1.46 bits per heavy atom. The molecule has 0 saturated carbocycles. The molecule has 66 valence electrons. The van der Waals surface area contributed by atoms with Crippen molar-refractivity contribution in [2.45, 2.75) is 0 Å². The number of carboxylic acids is 1. The number of halogens is 1. The molecule has 0 fully saturated rings. The summed E-state index contributed by atoms with van der Waals surface area (Å²) in [6.07, 6.45) is 0. The zero-order valence-electron chi connectivity index (χ0n) is 6.19. The minimum absolute atomic E-state index is 0.0509. The van der Waals surface area contributed by atoms with Gasteiger partial charge in [0, 0.05) is 0 Å². The summed E-state index contributed by atoms with van der Waals surface area (Å²) in [4.78, 5) is 17.9. The SMILES string of the molecule is O=C(O)c1ccc2oc(Cl)nc2n1. The average molecular weight is 199 g/mol. The molecule has 0 unspecified atom stereocenters. The molecule has 0 aromatic carbocycles. The van der Waals surface area contributed by atoms with Crippen LogP contribution in [0.5, 0.6) is 0 Å². The summed E-state index contributed by atoms with van der Waals surface area (Å²) in [5.74, 6) is -1.11. The molecule has 0 atom stereocenters. The Labute approximate surface area is 77.0 Å². The molecule has 2 heterocycles. The Kier molecular flexibility index (Phi) is 1.66. The first-order valence-electron chi connectivity index (χ1n) is 3.33. The molecule has 0 saturated heterocycles. The van der Waals surface area contributed by atoms with Crippen LogP contribution in [-0.4, -0.2) is 21.0 Å². The summed E-state index contributed by atoms with van der Waals surface area (Å²) < 4.78 is 4.90. The van der Waals surface area contributed by atoms with Gasteiger partial charge in [-0.1, -0.05) is 0 Å². The lowest BCUT2D eigenvalue weighted by atomic mass is 10.3. The number of pyridine rings is 1. The summed E-state index contributed by atoms with van der Waals surface area (Å²) in [6.45, 7) is 0. The first kappa shape index (κ1) is 8.00. The van der Waals surface area contributed by atoms with Crippen LogP contribution in [0.1, 0.15) is 10.5 Å². The monoisotopic (exact) mass is 198 g/mol. The van der Waals surface area contributed by atoms with Gasteiger partial charge in [0.1, 0.15) is 0 Å². The molecule has 2 rings (SSSR count). The number of carboxylic acid groups (broad SMARTS) is 1. The van der Waals surface area contributed by atoms with E-state index >= 15 is 0 Å². The van der Waals surface area contributed by atoms with E-state index in [9.17, 15) is 4.79 Å². The Morgan fingerprint density at radius 3 is 2.92 bits per heavy atom. The maximum Gasteiger partial charge on any atom is 0.354 e. The van der Waals surface area contributed by atoms with Gasteiger partial charge in [0.05, 0.1) is 0 Å². The van der Waals surface area contributed by atoms with Crippen LogP contribution in [0.3, 0.4) is 0 Å². The Bertz CT molecular complexity index is 480. The first-order valence-corrected chi connectivity index (χ1v) is 3.71. The highest BCUT2D eigenvalue weighted by molar-refractivity contribution is 6.28. The van der Waals surface area contributed by atoms with Crippen molar-refractivity contribution < 1.29 is 14.3 Å². The molecule has 0 amide bonds. The van der Waals surface area contributed by atoms with Gasteiger partial charge >= 0.3 is 5.97 Å². The maximum absolute atomic E-state index is 10.5. The molecule has 13 heavy (non-hydrogen) atoms. The molecular formula is C7H3ClN2O3. The largest absolute Gasteiger partial charge is 0.477 e. The predicted molar refractivity (Wildman–Crippen MR) is 43.8 cm³/mol. The van der Waals surface area contributed by atoms with Gasteiger partial charge in [-0.2, -0.15) is 4.98 Å². The minimum atomic E-state index is -1.11. The third kappa shape index (κ3) is 1.33. The number of rotatable bonds is 1. The van der Waals surface area contributed by atoms with Crippen molar-refractivity contribution in [1.29, 1.82) is 0 Å². The highest BCUT2D eigenvalue weighted by atomic mass is 35.5. The van der Waals surface area contributed by atoms with E-state index in [1.165, 1.54) is 12.1 Å². The molecular weight excluding hydrogens is 196 g/mol. The molecule has 1 N–H and O–H groups in total. The van der Waals surface area contributed by atoms with E-state index in [1.807, 2.05) is 0 Å². The van der Waals surface area contributed by atoms with E-state index in [0.29, 0.717) is 5.58 Å². The van der Waals surface area contributed by atoms with Crippen LogP contribution in [-0.2, 0) is 0 Å².